The number of phenolic OH excluding ortho intramolecular Hbond substituents is 1. The molecule has 1 N–H and O–H groups in total. The summed E-state index contributed by atoms with van der Waals surface area (Å²) in [6.07, 6.45) is 3.80. The Bertz CT molecular complexity index is 467. The highest BCUT2D eigenvalue weighted by Crippen LogP contribution is 2.33. The number of thiol groups is 1. The van der Waals surface area contributed by atoms with Crippen LogP contribution >= 0.6 is 0 Å². The van der Waals surface area contributed by atoms with Gasteiger partial charge in [0.05, 0.1) is 4.90 Å². The summed E-state index contributed by atoms with van der Waals surface area (Å²) in [4.78, 5) is 0.347. The number of hydrogen-bond acceptors (Lipinski definition) is 3. The fraction of sp³-hybridized carbons (Fsp3) is 0.455. The van der Waals surface area contributed by atoms with E-state index in [0.717, 1.165) is 36.8 Å². The van der Waals surface area contributed by atoms with Gasteiger partial charge in [0.15, 0.2) is 10.7 Å². The summed E-state index contributed by atoms with van der Waals surface area (Å²) in [6.45, 7) is 1.66. The quantitative estimate of drug-likeness (QED) is 0.714. The number of rotatable bonds is 1. The van der Waals surface area contributed by atoms with Gasteiger partial charge in [-0.2, -0.15) is 0 Å². The molecule has 0 radical (unpaired) electrons. The zero-order chi connectivity index (χ0) is 11.0. The maximum atomic E-state index is 11.2. The lowest BCUT2D eigenvalue weighted by atomic mass is 9.90. The highest BCUT2D eigenvalue weighted by molar-refractivity contribution is 7.72. The largest absolute Gasteiger partial charge is 0.508 e. The SMILES string of the molecule is Cc1c(O)cc2c(c1[SH](=O)=O)CCCC2. The summed E-state index contributed by atoms with van der Waals surface area (Å²) in [5, 5.41) is 9.64. The minimum Gasteiger partial charge on any atom is -0.508 e. The van der Waals surface area contributed by atoms with Crippen molar-refractivity contribution < 1.29 is 13.5 Å². The number of benzene rings is 1. The van der Waals surface area contributed by atoms with Gasteiger partial charge in [0, 0.05) is 5.56 Å². The van der Waals surface area contributed by atoms with E-state index in [1.165, 1.54) is 0 Å². The van der Waals surface area contributed by atoms with Crippen LogP contribution in [-0.2, 0) is 23.5 Å². The summed E-state index contributed by atoms with van der Waals surface area (Å²) in [7, 11) is -2.61. The van der Waals surface area contributed by atoms with Crippen LogP contribution in [0.1, 0.15) is 29.5 Å². The third kappa shape index (κ3) is 1.74. The van der Waals surface area contributed by atoms with Gasteiger partial charge in [-0.1, -0.05) is 0 Å². The first kappa shape index (κ1) is 10.5. The van der Waals surface area contributed by atoms with Crippen molar-refractivity contribution in [2.45, 2.75) is 37.5 Å². The molecular weight excluding hydrogens is 212 g/mol. The Balaban J connectivity index is 2.74. The van der Waals surface area contributed by atoms with E-state index in [2.05, 4.69) is 0 Å². The molecular formula is C11H14O3S. The summed E-state index contributed by atoms with van der Waals surface area (Å²) < 4.78 is 22.3. The molecule has 1 aromatic rings. The molecule has 0 aromatic heterocycles. The third-order valence-electron chi connectivity index (χ3n) is 3.03. The first-order chi connectivity index (χ1) is 7.11. The Kier molecular flexibility index (Phi) is 2.69. The molecule has 1 aliphatic rings. The molecule has 0 spiro atoms. The van der Waals surface area contributed by atoms with Gasteiger partial charge in [-0.15, -0.1) is 0 Å². The van der Waals surface area contributed by atoms with E-state index in [-0.39, 0.29) is 5.75 Å². The van der Waals surface area contributed by atoms with Crippen molar-refractivity contribution in [2.75, 3.05) is 0 Å². The maximum Gasteiger partial charge on any atom is 0.168 e. The molecule has 82 valence electrons. The standard InChI is InChI=1S/C11H14O3S/c1-7-10(12)6-8-4-2-3-5-9(8)11(7)15(13)14/h6,12,15H,2-5H2,1H3. The van der Waals surface area contributed by atoms with Gasteiger partial charge in [0.1, 0.15) is 5.75 Å². The second-order valence-electron chi connectivity index (χ2n) is 3.97. The topological polar surface area (TPSA) is 54.4 Å². The van der Waals surface area contributed by atoms with Crippen LogP contribution in [0.5, 0.6) is 5.75 Å². The molecule has 0 aliphatic heterocycles. The van der Waals surface area contributed by atoms with Crippen LogP contribution in [0.4, 0.5) is 0 Å². The third-order valence-corrected chi connectivity index (χ3v) is 4.00. The van der Waals surface area contributed by atoms with Crippen LogP contribution in [-0.4, -0.2) is 13.5 Å². The molecule has 0 fully saturated rings. The Hall–Kier alpha value is -1.03. The number of hydrogen-bond donors (Lipinski definition) is 2. The molecule has 1 aromatic carbocycles. The summed E-state index contributed by atoms with van der Waals surface area (Å²) in [6, 6.07) is 1.71. The van der Waals surface area contributed by atoms with Gasteiger partial charge in [-0.3, -0.25) is 0 Å². The van der Waals surface area contributed by atoms with Crippen LogP contribution in [0.25, 0.3) is 0 Å². The van der Waals surface area contributed by atoms with Crippen molar-refractivity contribution in [3.8, 4) is 5.75 Å². The average Bonchev–Trinajstić information content (AvgIpc) is 2.19. The van der Waals surface area contributed by atoms with Crippen molar-refractivity contribution in [3.05, 3.63) is 22.8 Å². The first-order valence-electron chi connectivity index (χ1n) is 5.10. The number of aryl methyl sites for hydroxylation is 1. The van der Waals surface area contributed by atoms with Gasteiger partial charge in [-0.25, -0.2) is 8.42 Å². The van der Waals surface area contributed by atoms with E-state index >= 15 is 0 Å². The first-order valence-corrected chi connectivity index (χ1v) is 6.27. The van der Waals surface area contributed by atoms with E-state index in [1.807, 2.05) is 0 Å². The van der Waals surface area contributed by atoms with Gasteiger partial charge in [0.2, 0.25) is 0 Å². The molecule has 0 unspecified atom stereocenters. The Labute approximate surface area is 90.7 Å². The normalized spacial score (nSPS) is 15.3. The predicted molar refractivity (Wildman–Crippen MR) is 58.1 cm³/mol. The summed E-state index contributed by atoms with van der Waals surface area (Å²) >= 11 is 0. The lowest BCUT2D eigenvalue weighted by molar-refractivity contribution is 0.465. The second-order valence-corrected chi connectivity index (χ2v) is 4.93. The number of phenols is 1. The fourth-order valence-electron chi connectivity index (χ4n) is 2.23. The molecule has 1 aliphatic carbocycles. The summed E-state index contributed by atoms with van der Waals surface area (Å²) in [5.74, 6) is 0.102. The van der Waals surface area contributed by atoms with Crippen LogP contribution in [0.15, 0.2) is 11.0 Å². The van der Waals surface area contributed by atoms with E-state index in [4.69, 9.17) is 0 Å². The lowest BCUT2D eigenvalue weighted by Crippen LogP contribution is -2.07. The van der Waals surface area contributed by atoms with Crippen molar-refractivity contribution in [1.29, 1.82) is 0 Å². The highest BCUT2D eigenvalue weighted by atomic mass is 32.2. The van der Waals surface area contributed by atoms with Gasteiger partial charge < -0.3 is 5.11 Å². The van der Waals surface area contributed by atoms with Crippen molar-refractivity contribution in [3.63, 3.8) is 0 Å². The maximum absolute atomic E-state index is 11.2. The van der Waals surface area contributed by atoms with Gasteiger partial charge in [0.25, 0.3) is 0 Å². The molecule has 0 bridgehead atoms. The molecule has 15 heavy (non-hydrogen) atoms. The monoisotopic (exact) mass is 226 g/mol. The fourth-order valence-corrected chi connectivity index (χ4v) is 3.09. The number of fused-ring (bicyclic) bond motifs is 1. The van der Waals surface area contributed by atoms with E-state index in [9.17, 15) is 13.5 Å². The van der Waals surface area contributed by atoms with Crippen LogP contribution < -0.4 is 0 Å². The second kappa shape index (κ2) is 3.85. The van der Waals surface area contributed by atoms with Crippen LogP contribution in [0.2, 0.25) is 0 Å². The van der Waals surface area contributed by atoms with Crippen molar-refractivity contribution in [1.82, 2.24) is 0 Å². The number of aromatic hydroxyl groups is 1. The predicted octanol–water partition coefficient (Wildman–Crippen LogP) is 1.55. The zero-order valence-electron chi connectivity index (χ0n) is 8.62. The van der Waals surface area contributed by atoms with Crippen LogP contribution in [0, 0.1) is 6.92 Å². The van der Waals surface area contributed by atoms with Crippen molar-refractivity contribution in [2.24, 2.45) is 0 Å². The van der Waals surface area contributed by atoms with Crippen molar-refractivity contribution >= 4 is 10.7 Å². The minimum atomic E-state index is -2.61. The molecule has 2 rings (SSSR count). The molecule has 0 heterocycles. The Morgan fingerprint density at radius 2 is 1.93 bits per heavy atom. The van der Waals surface area contributed by atoms with E-state index in [0.29, 0.717) is 10.5 Å². The minimum absolute atomic E-state index is 0.102. The molecule has 0 saturated carbocycles. The van der Waals surface area contributed by atoms with E-state index in [1.54, 1.807) is 13.0 Å². The lowest BCUT2D eigenvalue weighted by Gasteiger charge is -2.19. The Morgan fingerprint density at radius 1 is 1.27 bits per heavy atom. The Morgan fingerprint density at radius 3 is 2.60 bits per heavy atom. The molecule has 4 heteroatoms. The average molecular weight is 226 g/mol. The molecule has 0 atom stereocenters. The van der Waals surface area contributed by atoms with E-state index < -0.39 is 10.7 Å². The zero-order valence-corrected chi connectivity index (χ0v) is 9.51. The van der Waals surface area contributed by atoms with Gasteiger partial charge in [-0.05, 0) is 49.8 Å². The summed E-state index contributed by atoms with van der Waals surface area (Å²) in [5.41, 5.74) is 2.41. The van der Waals surface area contributed by atoms with Gasteiger partial charge >= 0.3 is 0 Å². The smallest absolute Gasteiger partial charge is 0.168 e. The highest BCUT2D eigenvalue weighted by Gasteiger charge is 2.19. The molecule has 0 saturated heterocycles. The van der Waals surface area contributed by atoms with Crippen LogP contribution in [0.3, 0.4) is 0 Å². The molecule has 3 nitrogen and oxygen atoms in total. The molecule has 0 amide bonds.